The number of nitrogens with zero attached hydrogens (tertiary/aromatic N) is 2. The maximum absolute atomic E-state index is 13.3. The molecule has 2 aromatic rings. The lowest BCUT2D eigenvalue weighted by Crippen LogP contribution is -2.29. The quantitative estimate of drug-likeness (QED) is 0.828. The Morgan fingerprint density at radius 1 is 1.30 bits per heavy atom. The number of thiophene rings is 1. The van der Waals surface area contributed by atoms with Crippen LogP contribution in [-0.2, 0) is 16.3 Å². The van der Waals surface area contributed by atoms with E-state index in [4.69, 9.17) is 0 Å². The van der Waals surface area contributed by atoms with Gasteiger partial charge in [0.15, 0.2) is 0 Å². The first kappa shape index (κ1) is 16.4. The Labute approximate surface area is 140 Å². The van der Waals surface area contributed by atoms with Gasteiger partial charge in [-0.2, -0.15) is 0 Å². The number of rotatable bonds is 5. The summed E-state index contributed by atoms with van der Waals surface area (Å²) in [4.78, 5) is 4.35. The van der Waals surface area contributed by atoms with E-state index in [0.29, 0.717) is 4.21 Å². The monoisotopic (exact) mass is 354 g/mol. The topological polar surface area (TPSA) is 40.6 Å². The van der Waals surface area contributed by atoms with Crippen molar-refractivity contribution >= 4 is 26.2 Å². The molecular weight excluding hydrogens is 335 g/mol. The highest BCUT2D eigenvalue weighted by atomic mass is 32.2. The number of likely N-dealkylation sites (N-methyl/N-ethyl adjacent to an activating group) is 1. The van der Waals surface area contributed by atoms with Crippen LogP contribution < -0.4 is 4.90 Å². The average molecular weight is 354 g/mol. The van der Waals surface area contributed by atoms with Crippen LogP contribution in [0.25, 0.3) is 0 Å². The van der Waals surface area contributed by atoms with Crippen LogP contribution in [0.5, 0.6) is 0 Å². The van der Waals surface area contributed by atoms with Crippen molar-refractivity contribution in [1.29, 1.82) is 0 Å². The zero-order valence-electron chi connectivity index (χ0n) is 13.1. The highest BCUT2D eigenvalue weighted by Gasteiger charge is 2.28. The number of halogens is 1. The Balaban J connectivity index is 1.90. The zero-order valence-corrected chi connectivity index (χ0v) is 14.8. The summed E-state index contributed by atoms with van der Waals surface area (Å²) < 4.78 is 39.0. The average Bonchev–Trinajstić information content (AvgIpc) is 3.06. The highest BCUT2D eigenvalue weighted by molar-refractivity contribution is 7.93. The summed E-state index contributed by atoms with van der Waals surface area (Å²) in [5.41, 5.74) is 1.07. The maximum Gasteiger partial charge on any atom is 0.216 e. The van der Waals surface area contributed by atoms with E-state index in [1.54, 1.807) is 6.07 Å². The lowest BCUT2D eigenvalue weighted by atomic mass is 10.3. The molecule has 0 saturated carbocycles. The van der Waals surface area contributed by atoms with Crippen LogP contribution in [0.4, 0.5) is 9.39 Å². The predicted molar refractivity (Wildman–Crippen MR) is 90.6 cm³/mol. The van der Waals surface area contributed by atoms with Crippen molar-refractivity contribution in [3.8, 4) is 0 Å². The number of fused-ring (bicyclic) bond motifs is 1. The second-order valence-corrected chi connectivity index (χ2v) is 9.10. The Morgan fingerprint density at radius 3 is 2.78 bits per heavy atom. The minimum absolute atomic E-state index is 0.0114. The van der Waals surface area contributed by atoms with Gasteiger partial charge in [0.05, 0.1) is 9.90 Å². The molecule has 23 heavy (non-hydrogen) atoms. The summed E-state index contributed by atoms with van der Waals surface area (Å²) in [6, 6.07) is 6.93. The third-order valence-electron chi connectivity index (χ3n) is 3.89. The third-order valence-corrected chi connectivity index (χ3v) is 7.35. The van der Waals surface area contributed by atoms with E-state index >= 15 is 0 Å². The summed E-state index contributed by atoms with van der Waals surface area (Å²) in [5, 5.41) is 1.03. The fourth-order valence-electron chi connectivity index (χ4n) is 2.61. The number of hydrogen-bond acceptors (Lipinski definition) is 5. The first-order valence-corrected chi connectivity index (χ1v) is 9.71. The van der Waals surface area contributed by atoms with Crippen molar-refractivity contribution in [1.82, 2.24) is 4.90 Å². The van der Waals surface area contributed by atoms with Crippen LogP contribution in [0.3, 0.4) is 0 Å². The molecule has 0 saturated heterocycles. The van der Waals surface area contributed by atoms with Crippen molar-refractivity contribution < 1.29 is 12.8 Å². The van der Waals surface area contributed by atoms with Crippen LogP contribution in [0, 0.1) is 5.82 Å². The largest absolute Gasteiger partial charge is 0.362 e. The Hall–Kier alpha value is -1.44. The molecule has 0 radical (unpaired) electrons. The molecule has 0 unspecified atom stereocenters. The van der Waals surface area contributed by atoms with Crippen LogP contribution in [0.15, 0.2) is 39.4 Å². The van der Waals surface area contributed by atoms with Crippen molar-refractivity contribution in [3.63, 3.8) is 0 Å². The fourth-order valence-corrected chi connectivity index (χ4v) is 5.63. The molecule has 1 aromatic carbocycles. The number of sulfone groups is 1. The van der Waals surface area contributed by atoms with E-state index in [-0.39, 0.29) is 4.90 Å². The molecule has 0 aliphatic carbocycles. The molecular formula is C16H19FN2O2S2. The Kier molecular flexibility index (Phi) is 4.44. The molecule has 0 atom stereocenters. The summed E-state index contributed by atoms with van der Waals surface area (Å²) in [7, 11) is 0.386. The van der Waals surface area contributed by atoms with Gasteiger partial charge in [0.1, 0.15) is 10.0 Å². The number of benzene rings is 1. The second-order valence-electron chi connectivity index (χ2n) is 5.90. The second kappa shape index (κ2) is 6.22. The molecule has 2 heterocycles. The van der Waals surface area contributed by atoms with E-state index in [2.05, 4.69) is 9.80 Å². The van der Waals surface area contributed by atoms with Gasteiger partial charge in [0.25, 0.3) is 0 Å². The molecule has 0 bridgehead atoms. The fraction of sp³-hybridized carbons (Fsp3) is 0.375. The van der Waals surface area contributed by atoms with Gasteiger partial charge >= 0.3 is 0 Å². The Bertz CT molecular complexity index is 815. The third kappa shape index (κ3) is 3.27. The van der Waals surface area contributed by atoms with Gasteiger partial charge in [-0.15, -0.1) is 11.3 Å². The molecule has 0 amide bonds. The lowest BCUT2D eigenvalue weighted by molar-refractivity contribution is 0.415. The van der Waals surface area contributed by atoms with E-state index in [0.717, 1.165) is 42.7 Å². The van der Waals surface area contributed by atoms with Crippen molar-refractivity contribution in [2.75, 3.05) is 38.6 Å². The molecule has 1 aromatic heterocycles. The summed E-state index contributed by atoms with van der Waals surface area (Å²) in [6.07, 6.45) is 0.859. The van der Waals surface area contributed by atoms with Gasteiger partial charge in [-0.3, -0.25) is 0 Å². The molecule has 4 nitrogen and oxygen atoms in total. The van der Waals surface area contributed by atoms with Crippen LogP contribution in [0.1, 0.15) is 5.56 Å². The van der Waals surface area contributed by atoms with E-state index in [9.17, 15) is 12.8 Å². The lowest BCUT2D eigenvalue weighted by Gasteiger charge is -2.20. The molecule has 1 aliphatic rings. The smallest absolute Gasteiger partial charge is 0.216 e. The molecule has 7 heteroatoms. The van der Waals surface area contributed by atoms with Crippen LogP contribution in [0.2, 0.25) is 0 Å². The first-order valence-electron chi connectivity index (χ1n) is 7.41. The van der Waals surface area contributed by atoms with E-state index in [1.165, 1.54) is 29.5 Å². The van der Waals surface area contributed by atoms with Crippen molar-refractivity contribution in [3.05, 3.63) is 41.7 Å². The highest BCUT2D eigenvalue weighted by Crippen LogP contribution is 2.40. The van der Waals surface area contributed by atoms with E-state index < -0.39 is 15.7 Å². The van der Waals surface area contributed by atoms with E-state index in [1.807, 2.05) is 14.1 Å². The van der Waals surface area contributed by atoms with Gasteiger partial charge in [-0.05, 0) is 50.3 Å². The van der Waals surface area contributed by atoms with Crippen molar-refractivity contribution in [2.24, 2.45) is 0 Å². The molecule has 124 valence electrons. The molecule has 0 spiro atoms. The summed E-state index contributed by atoms with van der Waals surface area (Å²) >= 11 is 1.29. The first-order chi connectivity index (χ1) is 10.9. The number of anilines is 1. The van der Waals surface area contributed by atoms with Crippen LogP contribution in [-0.4, -0.2) is 47.0 Å². The minimum Gasteiger partial charge on any atom is -0.362 e. The van der Waals surface area contributed by atoms with Gasteiger partial charge in [0.2, 0.25) is 9.84 Å². The SMILES string of the molecule is CN(C)CCN1CCc2cc(S(=O)(=O)c3cccc(F)c3)sc21. The van der Waals surface area contributed by atoms with Gasteiger partial charge in [-0.25, -0.2) is 12.8 Å². The number of hydrogen-bond donors (Lipinski definition) is 0. The molecule has 0 N–H and O–H groups in total. The normalized spacial score (nSPS) is 14.5. The molecule has 0 fully saturated rings. The Morgan fingerprint density at radius 2 is 2.09 bits per heavy atom. The summed E-state index contributed by atoms with van der Waals surface area (Å²) in [5.74, 6) is -0.539. The standard InChI is InChI=1S/C16H19FN2O2S2/c1-18(2)8-9-19-7-6-12-10-15(22-16(12)19)23(20,21)14-5-3-4-13(17)11-14/h3-5,10-11H,6-9H2,1-2H3. The van der Waals surface area contributed by atoms with Gasteiger partial charge in [-0.1, -0.05) is 6.07 Å². The summed E-state index contributed by atoms with van der Waals surface area (Å²) in [6.45, 7) is 2.72. The maximum atomic E-state index is 13.3. The van der Waals surface area contributed by atoms with Gasteiger partial charge < -0.3 is 9.80 Å². The predicted octanol–water partition coefficient (Wildman–Crippen LogP) is 2.64. The molecule has 3 rings (SSSR count). The molecule has 1 aliphatic heterocycles. The zero-order chi connectivity index (χ0) is 16.6. The van der Waals surface area contributed by atoms with Crippen molar-refractivity contribution in [2.45, 2.75) is 15.5 Å². The van der Waals surface area contributed by atoms with Gasteiger partial charge in [0, 0.05) is 19.6 Å². The minimum atomic E-state index is -3.65. The van der Waals surface area contributed by atoms with Crippen LogP contribution >= 0.6 is 11.3 Å².